The molecule has 0 saturated heterocycles. The van der Waals surface area contributed by atoms with Crippen molar-refractivity contribution in [2.45, 2.75) is 37.0 Å². The fourth-order valence-corrected chi connectivity index (χ4v) is 5.01. The molecule has 24 heavy (non-hydrogen) atoms. The second kappa shape index (κ2) is 6.55. The maximum Gasteiger partial charge on any atom is 0.269 e. The lowest BCUT2D eigenvalue weighted by Crippen LogP contribution is -2.42. The number of sulfonamides is 1. The van der Waals surface area contributed by atoms with Gasteiger partial charge in [-0.25, -0.2) is 12.7 Å². The second-order valence-electron chi connectivity index (χ2n) is 6.59. The number of likely N-dealkylation sites (N-methyl/N-ethyl adjacent to an activating group) is 1. The molecule has 1 aliphatic heterocycles. The van der Waals surface area contributed by atoms with Crippen molar-refractivity contribution in [3.63, 3.8) is 0 Å². The Labute approximate surface area is 142 Å². The van der Waals surface area contributed by atoms with E-state index in [1.807, 2.05) is 0 Å². The summed E-state index contributed by atoms with van der Waals surface area (Å²) in [6, 6.07) is 6.07. The van der Waals surface area contributed by atoms with Gasteiger partial charge < -0.3 is 4.90 Å². The number of nitrogens with zero attached hydrogens (tertiary/aromatic N) is 2. The van der Waals surface area contributed by atoms with Gasteiger partial charge in [0.25, 0.3) is 15.9 Å². The quantitative estimate of drug-likeness (QED) is 0.831. The number of carbonyl (C=O) groups is 2. The SMILES string of the molecule is CN(CC1CCCCC1)C(=O)CN1C(=O)c2ccccc2S1(=O)=O. The molecule has 0 radical (unpaired) electrons. The molecule has 6 nitrogen and oxygen atoms in total. The normalized spacial score (nSPS) is 20.0. The van der Waals surface area contributed by atoms with E-state index in [2.05, 4.69) is 0 Å². The van der Waals surface area contributed by atoms with Crippen LogP contribution >= 0.6 is 0 Å². The molecule has 0 bridgehead atoms. The minimum Gasteiger partial charge on any atom is -0.344 e. The predicted molar refractivity (Wildman–Crippen MR) is 88.9 cm³/mol. The molecule has 1 aromatic carbocycles. The number of hydrogen-bond donors (Lipinski definition) is 0. The third kappa shape index (κ3) is 3.05. The Hall–Kier alpha value is -1.89. The summed E-state index contributed by atoms with van der Waals surface area (Å²) in [5.74, 6) is -0.494. The van der Waals surface area contributed by atoms with Crippen LogP contribution in [0.1, 0.15) is 42.5 Å². The van der Waals surface area contributed by atoms with Gasteiger partial charge in [-0.05, 0) is 30.9 Å². The summed E-state index contributed by atoms with van der Waals surface area (Å²) >= 11 is 0. The number of benzene rings is 1. The first-order valence-electron chi connectivity index (χ1n) is 8.31. The van der Waals surface area contributed by atoms with Gasteiger partial charge in [-0.15, -0.1) is 0 Å². The summed E-state index contributed by atoms with van der Waals surface area (Å²) in [7, 11) is -2.24. The van der Waals surface area contributed by atoms with Gasteiger partial charge in [-0.2, -0.15) is 0 Å². The summed E-state index contributed by atoms with van der Waals surface area (Å²) in [6.45, 7) is 0.187. The van der Waals surface area contributed by atoms with E-state index in [0.717, 1.165) is 12.8 Å². The van der Waals surface area contributed by atoms with E-state index in [4.69, 9.17) is 0 Å². The highest BCUT2D eigenvalue weighted by atomic mass is 32.2. The van der Waals surface area contributed by atoms with Crippen molar-refractivity contribution in [2.24, 2.45) is 5.92 Å². The molecule has 7 heteroatoms. The molecular weight excluding hydrogens is 328 g/mol. The zero-order chi connectivity index (χ0) is 17.3. The van der Waals surface area contributed by atoms with E-state index in [9.17, 15) is 18.0 Å². The average Bonchev–Trinajstić information content (AvgIpc) is 2.77. The van der Waals surface area contributed by atoms with E-state index in [0.29, 0.717) is 16.8 Å². The zero-order valence-electron chi connectivity index (χ0n) is 13.8. The predicted octanol–water partition coefficient (Wildman–Crippen LogP) is 1.87. The summed E-state index contributed by atoms with van der Waals surface area (Å²) in [5.41, 5.74) is 0.139. The lowest BCUT2D eigenvalue weighted by molar-refractivity contribution is -0.130. The Morgan fingerprint density at radius 1 is 1.21 bits per heavy atom. The summed E-state index contributed by atoms with van der Waals surface area (Å²) in [5, 5.41) is 0. The van der Waals surface area contributed by atoms with Gasteiger partial charge in [0.05, 0.1) is 5.56 Å². The molecule has 0 spiro atoms. The van der Waals surface area contributed by atoms with Crippen molar-refractivity contribution < 1.29 is 18.0 Å². The molecule has 2 amide bonds. The van der Waals surface area contributed by atoms with Crippen LogP contribution in [-0.4, -0.2) is 49.6 Å². The molecule has 1 fully saturated rings. The number of carbonyl (C=O) groups excluding carboxylic acids is 2. The van der Waals surface area contributed by atoms with Gasteiger partial charge in [-0.3, -0.25) is 9.59 Å². The molecule has 0 unspecified atom stereocenters. The number of hydrogen-bond acceptors (Lipinski definition) is 4. The molecule has 1 aromatic rings. The summed E-state index contributed by atoms with van der Waals surface area (Å²) in [6.07, 6.45) is 5.81. The Morgan fingerprint density at radius 2 is 1.88 bits per heavy atom. The van der Waals surface area contributed by atoms with Crippen molar-refractivity contribution in [1.29, 1.82) is 0 Å². The maximum absolute atomic E-state index is 12.5. The number of rotatable bonds is 4. The van der Waals surface area contributed by atoms with Gasteiger partial charge in [0.2, 0.25) is 5.91 Å². The average molecular weight is 350 g/mol. The van der Waals surface area contributed by atoms with Crippen LogP contribution in [0.2, 0.25) is 0 Å². The van der Waals surface area contributed by atoms with E-state index >= 15 is 0 Å². The second-order valence-corrected chi connectivity index (χ2v) is 8.42. The molecule has 0 aromatic heterocycles. The molecule has 0 atom stereocenters. The lowest BCUT2D eigenvalue weighted by Gasteiger charge is -2.28. The van der Waals surface area contributed by atoms with Crippen molar-refractivity contribution >= 4 is 21.8 Å². The van der Waals surface area contributed by atoms with Gasteiger partial charge in [0.15, 0.2) is 0 Å². The smallest absolute Gasteiger partial charge is 0.269 e. The van der Waals surface area contributed by atoms with E-state index in [-0.39, 0.29) is 16.4 Å². The summed E-state index contributed by atoms with van der Waals surface area (Å²) < 4.78 is 25.6. The van der Waals surface area contributed by atoms with Crippen LogP contribution in [0.5, 0.6) is 0 Å². The number of fused-ring (bicyclic) bond motifs is 1. The lowest BCUT2D eigenvalue weighted by atomic mass is 9.89. The third-order valence-corrected chi connectivity index (χ3v) is 6.66. The first kappa shape index (κ1) is 17.0. The van der Waals surface area contributed by atoms with Crippen molar-refractivity contribution in [3.05, 3.63) is 29.8 Å². The van der Waals surface area contributed by atoms with Gasteiger partial charge in [-0.1, -0.05) is 31.4 Å². The standard InChI is InChI=1S/C17H22N2O4S/c1-18(11-13-7-3-2-4-8-13)16(20)12-19-17(21)14-9-5-6-10-15(14)24(19,22)23/h5-6,9-10,13H,2-4,7-8,11-12H2,1H3. The van der Waals surface area contributed by atoms with E-state index in [1.165, 1.54) is 31.4 Å². The van der Waals surface area contributed by atoms with Crippen LogP contribution in [0.3, 0.4) is 0 Å². The molecule has 3 rings (SSSR count). The maximum atomic E-state index is 12.5. The van der Waals surface area contributed by atoms with Crippen LogP contribution in [0.25, 0.3) is 0 Å². The van der Waals surface area contributed by atoms with Crippen LogP contribution in [0, 0.1) is 5.92 Å². The molecule has 2 aliphatic rings. The van der Waals surface area contributed by atoms with Crippen LogP contribution in [-0.2, 0) is 14.8 Å². The van der Waals surface area contributed by atoms with Crippen LogP contribution < -0.4 is 0 Å². The van der Waals surface area contributed by atoms with Crippen molar-refractivity contribution in [2.75, 3.05) is 20.1 Å². The van der Waals surface area contributed by atoms with Crippen molar-refractivity contribution in [1.82, 2.24) is 9.21 Å². The Morgan fingerprint density at radius 3 is 2.54 bits per heavy atom. The van der Waals surface area contributed by atoms with Crippen LogP contribution in [0.4, 0.5) is 0 Å². The Bertz CT molecular complexity index is 754. The van der Waals surface area contributed by atoms with Gasteiger partial charge >= 0.3 is 0 Å². The monoisotopic (exact) mass is 350 g/mol. The first-order chi connectivity index (χ1) is 11.4. The largest absolute Gasteiger partial charge is 0.344 e. The topological polar surface area (TPSA) is 74.8 Å². The molecule has 1 saturated carbocycles. The number of amides is 2. The Balaban J connectivity index is 1.69. The van der Waals surface area contributed by atoms with Gasteiger partial charge in [0, 0.05) is 13.6 Å². The van der Waals surface area contributed by atoms with E-state index < -0.39 is 22.5 Å². The zero-order valence-corrected chi connectivity index (χ0v) is 14.6. The summed E-state index contributed by atoms with van der Waals surface area (Å²) in [4.78, 5) is 26.3. The minimum absolute atomic E-state index is 0.0160. The fourth-order valence-electron chi connectivity index (χ4n) is 3.49. The van der Waals surface area contributed by atoms with Crippen molar-refractivity contribution in [3.8, 4) is 0 Å². The molecule has 0 N–H and O–H groups in total. The third-order valence-electron chi connectivity index (χ3n) is 4.87. The van der Waals surface area contributed by atoms with Gasteiger partial charge in [0.1, 0.15) is 11.4 Å². The first-order valence-corrected chi connectivity index (χ1v) is 9.75. The molecule has 1 aliphatic carbocycles. The minimum atomic E-state index is -3.92. The molecule has 1 heterocycles. The fraction of sp³-hybridized carbons (Fsp3) is 0.529. The highest BCUT2D eigenvalue weighted by Gasteiger charge is 2.42. The molecule has 130 valence electrons. The highest BCUT2D eigenvalue weighted by molar-refractivity contribution is 7.90. The highest BCUT2D eigenvalue weighted by Crippen LogP contribution is 2.30. The van der Waals surface area contributed by atoms with Crippen LogP contribution in [0.15, 0.2) is 29.2 Å². The van der Waals surface area contributed by atoms with E-state index in [1.54, 1.807) is 24.1 Å². The Kier molecular flexibility index (Phi) is 4.62. The molecular formula is C17H22N2O4S.